The number of benzene rings is 2. The molecule has 3 aromatic rings. The molecule has 0 saturated heterocycles. The van der Waals surface area contributed by atoms with E-state index in [0.29, 0.717) is 24.4 Å². The smallest absolute Gasteiger partial charge is 0.306 e. The van der Waals surface area contributed by atoms with Gasteiger partial charge in [0.25, 0.3) is 11.5 Å². The summed E-state index contributed by atoms with van der Waals surface area (Å²) in [6, 6.07) is 16.8. The molecule has 168 valence electrons. The van der Waals surface area contributed by atoms with E-state index in [1.165, 1.54) is 4.68 Å². The minimum atomic E-state index is -0.569. The standard InChI is InChI=1S/C24H27N3O5/c1-17-11-13-20(14-12-17)31-15-7-10-22(29)32-16-21(28)25-23-18(2)26(3)27(24(23)30)19-8-5-4-6-9-19/h4-6,8-9,11-14H,7,10,15-16H2,1-3H3,(H,25,28). The van der Waals surface area contributed by atoms with Crippen LogP contribution in [-0.2, 0) is 21.4 Å². The number of nitrogens with zero attached hydrogens (tertiary/aromatic N) is 2. The number of carbonyl (C=O) groups excluding carboxylic acids is 2. The van der Waals surface area contributed by atoms with Gasteiger partial charge in [-0.2, -0.15) is 0 Å². The molecule has 1 heterocycles. The predicted octanol–water partition coefficient (Wildman–Crippen LogP) is 3.13. The van der Waals surface area contributed by atoms with Crippen LogP contribution in [0.2, 0.25) is 0 Å². The van der Waals surface area contributed by atoms with E-state index >= 15 is 0 Å². The van der Waals surface area contributed by atoms with Crippen molar-refractivity contribution in [2.24, 2.45) is 7.05 Å². The number of amides is 1. The molecule has 8 nitrogen and oxygen atoms in total. The van der Waals surface area contributed by atoms with Crippen molar-refractivity contribution in [1.29, 1.82) is 0 Å². The van der Waals surface area contributed by atoms with Crippen LogP contribution in [0.4, 0.5) is 5.69 Å². The lowest BCUT2D eigenvalue weighted by molar-refractivity contribution is -0.147. The molecule has 0 atom stereocenters. The number of aromatic nitrogens is 2. The van der Waals surface area contributed by atoms with Gasteiger partial charge in [0.1, 0.15) is 11.4 Å². The zero-order chi connectivity index (χ0) is 23.1. The number of esters is 1. The molecule has 1 amide bonds. The van der Waals surface area contributed by atoms with Crippen LogP contribution in [0.25, 0.3) is 5.69 Å². The van der Waals surface area contributed by atoms with Crippen LogP contribution in [0.5, 0.6) is 5.75 Å². The van der Waals surface area contributed by atoms with Gasteiger partial charge in [-0.1, -0.05) is 35.9 Å². The van der Waals surface area contributed by atoms with E-state index in [4.69, 9.17) is 9.47 Å². The number of rotatable bonds is 9. The van der Waals surface area contributed by atoms with Crippen molar-refractivity contribution in [1.82, 2.24) is 9.36 Å². The molecular weight excluding hydrogens is 410 g/mol. The van der Waals surface area contributed by atoms with Gasteiger partial charge in [0.2, 0.25) is 0 Å². The highest BCUT2D eigenvalue weighted by atomic mass is 16.5. The van der Waals surface area contributed by atoms with Crippen molar-refractivity contribution in [3.8, 4) is 11.4 Å². The highest BCUT2D eigenvalue weighted by molar-refractivity contribution is 5.93. The van der Waals surface area contributed by atoms with Gasteiger partial charge in [0.05, 0.1) is 18.0 Å². The van der Waals surface area contributed by atoms with E-state index in [2.05, 4.69) is 5.32 Å². The summed E-state index contributed by atoms with van der Waals surface area (Å²) >= 11 is 0. The molecular formula is C24H27N3O5. The molecule has 1 aromatic heterocycles. The fraction of sp³-hybridized carbons (Fsp3) is 0.292. The molecule has 0 aliphatic rings. The third kappa shape index (κ3) is 5.66. The summed E-state index contributed by atoms with van der Waals surface area (Å²) < 4.78 is 13.7. The molecule has 0 fully saturated rings. The van der Waals surface area contributed by atoms with Gasteiger partial charge in [-0.3, -0.25) is 19.1 Å². The number of nitrogens with one attached hydrogen (secondary N) is 1. The molecule has 0 radical (unpaired) electrons. The lowest BCUT2D eigenvalue weighted by Gasteiger charge is -2.07. The van der Waals surface area contributed by atoms with Crippen molar-refractivity contribution < 1.29 is 19.1 Å². The number of para-hydroxylation sites is 1. The molecule has 8 heteroatoms. The Morgan fingerprint density at radius 1 is 1.00 bits per heavy atom. The van der Waals surface area contributed by atoms with Crippen LogP contribution in [0, 0.1) is 13.8 Å². The summed E-state index contributed by atoms with van der Waals surface area (Å²) in [7, 11) is 1.73. The average molecular weight is 437 g/mol. The van der Waals surface area contributed by atoms with Crippen LogP contribution in [-0.4, -0.2) is 34.5 Å². The largest absolute Gasteiger partial charge is 0.494 e. The summed E-state index contributed by atoms with van der Waals surface area (Å²) in [5.74, 6) is -0.331. The van der Waals surface area contributed by atoms with E-state index < -0.39 is 18.5 Å². The third-order valence-electron chi connectivity index (χ3n) is 5.00. The first-order valence-electron chi connectivity index (χ1n) is 10.4. The van der Waals surface area contributed by atoms with Crippen molar-refractivity contribution in [2.45, 2.75) is 26.7 Å². The highest BCUT2D eigenvalue weighted by Gasteiger charge is 2.18. The molecule has 3 rings (SSSR count). The summed E-state index contributed by atoms with van der Waals surface area (Å²) in [5.41, 5.74) is 2.21. The Morgan fingerprint density at radius 3 is 2.38 bits per heavy atom. The monoisotopic (exact) mass is 437 g/mol. The van der Waals surface area contributed by atoms with Crippen molar-refractivity contribution in [3.05, 3.63) is 76.2 Å². The van der Waals surface area contributed by atoms with E-state index in [9.17, 15) is 14.4 Å². The zero-order valence-electron chi connectivity index (χ0n) is 18.5. The first-order chi connectivity index (χ1) is 15.4. The fourth-order valence-electron chi connectivity index (χ4n) is 3.15. The average Bonchev–Trinajstić information content (AvgIpc) is 3.00. The van der Waals surface area contributed by atoms with Crippen LogP contribution in [0.1, 0.15) is 24.1 Å². The van der Waals surface area contributed by atoms with Crippen molar-refractivity contribution >= 4 is 17.6 Å². The van der Waals surface area contributed by atoms with Gasteiger partial charge in [-0.05, 0) is 44.5 Å². The summed E-state index contributed by atoms with van der Waals surface area (Å²) in [6.07, 6.45) is 0.595. The van der Waals surface area contributed by atoms with Gasteiger partial charge < -0.3 is 14.8 Å². The Balaban J connectivity index is 1.47. The normalized spacial score (nSPS) is 10.6. The molecule has 0 aliphatic carbocycles. The maximum Gasteiger partial charge on any atom is 0.306 e. The van der Waals surface area contributed by atoms with Crippen LogP contribution in [0.15, 0.2) is 59.4 Å². The number of anilines is 1. The lowest BCUT2D eigenvalue weighted by atomic mass is 10.2. The van der Waals surface area contributed by atoms with E-state index in [1.807, 2.05) is 49.4 Å². The van der Waals surface area contributed by atoms with Crippen molar-refractivity contribution in [2.75, 3.05) is 18.5 Å². The van der Waals surface area contributed by atoms with Gasteiger partial charge in [0, 0.05) is 13.5 Å². The maximum absolute atomic E-state index is 12.8. The Hall–Kier alpha value is -3.81. The number of ether oxygens (including phenoxy) is 2. The van der Waals surface area contributed by atoms with Crippen LogP contribution in [0.3, 0.4) is 0 Å². The Labute approximate surface area is 186 Å². The highest BCUT2D eigenvalue weighted by Crippen LogP contribution is 2.14. The predicted molar refractivity (Wildman–Crippen MR) is 121 cm³/mol. The number of carbonyl (C=O) groups is 2. The van der Waals surface area contributed by atoms with Crippen LogP contribution >= 0.6 is 0 Å². The van der Waals surface area contributed by atoms with Gasteiger partial charge >= 0.3 is 5.97 Å². The second-order valence-electron chi connectivity index (χ2n) is 7.41. The molecule has 1 N–H and O–H groups in total. The summed E-state index contributed by atoms with van der Waals surface area (Å²) in [4.78, 5) is 37.0. The first kappa shape index (κ1) is 22.9. The fourth-order valence-corrected chi connectivity index (χ4v) is 3.15. The van der Waals surface area contributed by atoms with E-state index in [-0.39, 0.29) is 17.7 Å². The quantitative estimate of drug-likeness (QED) is 0.410. The Kier molecular flexibility index (Phi) is 7.49. The van der Waals surface area contributed by atoms with Gasteiger partial charge in [0.15, 0.2) is 6.61 Å². The minimum absolute atomic E-state index is 0.129. The summed E-state index contributed by atoms with van der Waals surface area (Å²) in [6.45, 7) is 3.63. The molecule has 0 saturated carbocycles. The SMILES string of the molecule is Cc1ccc(OCCCC(=O)OCC(=O)Nc2c(C)n(C)n(-c3ccccc3)c2=O)cc1. The number of hydrogen-bond acceptors (Lipinski definition) is 5. The number of hydrogen-bond donors (Lipinski definition) is 1. The summed E-state index contributed by atoms with van der Waals surface area (Å²) in [5, 5.41) is 2.56. The Bertz CT molecular complexity index is 1130. The number of aryl methyl sites for hydroxylation is 1. The zero-order valence-corrected chi connectivity index (χ0v) is 18.5. The molecule has 0 unspecified atom stereocenters. The Morgan fingerprint density at radius 2 is 1.69 bits per heavy atom. The molecule has 0 spiro atoms. The van der Waals surface area contributed by atoms with Crippen LogP contribution < -0.4 is 15.6 Å². The lowest BCUT2D eigenvalue weighted by Crippen LogP contribution is -2.25. The van der Waals surface area contributed by atoms with E-state index in [1.54, 1.807) is 30.8 Å². The second kappa shape index (κ2) is 10.5. The molecule has 0 bridgehead atoms. The second-order valence-corrected chi connectivity index (χ2v) is 7.41. The maximum atomic E-state index is 12.8. The first-order valence-corrected chi connectivity index (χ1v) is 10.4. The van der Waals surface area contributed by atoms with E-state index in [0.717, 1.165) is 11.3 Å². The third-order valence-corrected chi connectivity index (χ3v) is 5.00. The molecule has 32 heavy (non-hydrogen) atoms. The molecule has 2 aromatic carbocycles. The van der Waals surface area contributed by atoms with Crippen molar-refractivity contribution in [3.63, 3.8) is 0 Å². The van der Waals surface area contributed by atoms with Gasteiger partial charge in [-0.15, -0.1) is 0 Å². The topological polar surface area (TPSA) is 91.6 Å². The van der Waals surface area contributed by atoms with Gasteiger partial charge in [-0.25, -0.2) is 4.68 Å². The minimum Gasteiger partial charge on any atom is -0.494 e. The molecule has 0 aliphatic heterocycles.